The third kappa shape index (κ3) is 3.83. The maximum atomic E-state index is 12.6. The molecular weight excluding hydrogens is 312 g/mol. The summed E-state index contributed by atoms with van der Waals surface area (Å²) in [5.41, 5.74) is 4.38. The van der Waals surface area contributed by atoms with E-state index in [1.165, 1.54) is 0 Å². The van der Waals surface area contributed by atoms with Crippen molar-refractivity contribution in [2.24, 2.45) is 0 Å². The molecule has 0 atom stereocenters. The average Bonchev–Trinajstić information content (AvgIpc) is 2.66. The van der Waals surface area contributed by atoms with Crippen LogP contribution in [0.2, 0.25) is 0 Å². The number of hydrogen-bond acceptors (Lipinski definition) is 3. The van der Waals surface area contributed by atoms with Crippen LogP contribution in [0.15, 0.2) is 72.8 Å². The monoisotopic (exact) mass is 330 g/mol. The Labute approximate surface area is 146 Å². The van der Waals surface area contributed by atoms with Gasteiger partial charge in [-0.2, -0.15) is 0 Å². The quantitative estimate of drug-likeness (QED) is 0.497. The van der Waals surface area contributed by atoms with Crippen LogP contribution in [0.1, 0.15) is 31.8 Å². The van der Waals surface area contributed by atoms with Gasteiger partial charge in [-0.1, -0.05) is 72.3 Å². The fraction of sp³-hybridized carbons (Fsp3) is 0.0909. The number of benzene rings is 3. The van der Waals surface area contributed by atoms with Crippen molar-refractivity contribution < 1.29 is 14.3 Å². The molecule has 0 aromatic heterocycles. The van der Waals surface area contributed by atoms with Gasteiger partial charge in [-0.15, -0.1) is 0 Å². The van der Waals surface area contributed by atoms with Gasteiger partial charge < -0.3 is 4.74 Å². The zero-order chi connectivity index (χ0) is 17.6. The van der Waals surface area contributed by atoms with Crippen molar-refractivity contribution in [3.05, 3.63) is 95.1 Å². The number of carbonyl (C=O) groups is 2. The third-order valence-electron chi connectivity index (χ3n) is 3.99. The minimum absolute atomic E-state index is 0.211. The van der Waals surface area contributed by atoms with E-state index < -0.39 is 5.97 Å². The summed E-state index contributed by atoms with van der Waals surface area (Å²) < 4.78 is 5.46. The first-order valence-electron chi connectivity index (χ1n) is 8.05. The molecule has 0 spiro atoms. The van der Waals surface area contributed by atoms with Crippen LogP contribution in [-0.2, 0) is 11.3 Å². The maximum Gasteiger partial charge on any atom is 0.339 e. The van der Waals surface area contributed by atoms with E-state index in [1.54, 1.807) is 18.2 Å². The average molecular weight is 330 g/mol. The van der Waals surface area contributed by atoms with Crippen LogP contribution >= 0.6 is 0 Å². The molecule has 3 aromatic rings. The molecule has 3 nitrogen and oxygen atoms in total. The third-order valence-corrected chi connectivity index (χ3v) is 3.99. The lowest BCUT2D eigenvalue weighted by Crippen LogP contribution is -2.08. The number of ether oxygens (including phenoxy) is 1. The van der Waals surface area contributed by atoms with Crippen molar-refractivity contribution >= 4 is 12.3 Å². The summed E-state index contributed by atoms with van der Waals surface area (Å²) in [6.45, 7) is 2.16. The second kappa shape index (κ2) is 7.58. The highest BCUT2D eigenvalue weighted by Crippen LogP contribution is 2.28. The molecule has 0 aliphatic rings. The molecule has 0 unspecified atom stereocenters. The molecule has 0 saturated carbocycles. The van der Waals surface area contributed by atoms with Crippen molar-refractivity contribution in [2.75, 3.05) is 0 Å². The minimum atomic E-state index is -0.403. The minimum Gasteiger partial charge on any atom is -0.457 e. The topological polar surface area (TPSA) is 43.4 Å². The van der Waals surface area contributed by atoms with Gasteiger partial charge in [0.2, 0.25) is 0 Å². The lowest BCUT2D eigenvalue weighted by atomic mass is 9.94. The lowest BCUT2D eigenvalue weighted by Gasteiger charge is -2.12. The summed E-state index contributed by atoms with van der Waals surface area (Å²) in [5, 5.41) is 0. The number of esters is 1. The number of rotatable bonds is 5. The second-order valence-electron chi connectivity index (χ2n) is 5.82. The van der Waals surface area contributed by atoms with Gasteiger partial charge in [-0.3, -0.25) is 4.79 Å². The van der Waals surface area contributed by atoms with Gasteiger partial charge in [-0.25, -0.2) is 4.79 Å². The van der Waals surface area contributed by atoms with Gasteiger partial charge in [0.05, 0.1) is 5.56 Å². The fourth-order valence-electron chi connectivity index (χ4n) is 2.70. The molecule has 0 heterocycles. The standard InChI is InChI=1S/C22H18O3/c1-16-11-12-20(22(24)25-15-17-7-3-2-4-8-17)21(13-16)19-10-6-5-9-18(19)14-23/h2-14H,15H2,1H3. The van der Waals surface area contributed by atoms with Gasteiger partial charge >= 0.3 is 5.97 Å². The Hall–Kier alpha value is -3.20. The zero-order valence-corrected chi connectivity index (χ0v) is 13.9. The Balaban J connectivity index is 1.94. The fourth-order valence-corrected chi connectivity index (χ4v) is 2.70. The van der Waals surface area contributed by atoms with Crippen LogP contribution in [0.25, 0.3) is 11.1 Å². The molecule has 0 bridgehead atoms. The van der Waals surface area contributed by atoms with Crippen LogP contribution in [0.4, 0.5) is 0 Å². The molecule has 25 heavy (non-hydrogen) atoms. The molecule has 0 amide bonds. The molecule has 3 heteroatoms. The van der Waals surface area contributed by atoms with E-state index in [4.69, 9.17) is 4.74 Å². The van der Waals surface area contributed by atoms with Gasteiger partial charge in [-0.05, 0) is 29.7 Å². The first-order chi connectivity index (χ1) is 12.2. The van der Waals surface area contributed by atoms with Gasteiger partial charge in [0.15, 0.2) is 6.29 Å². The highest BCUT2D eigenvalue weighted by Gasteiger charge is 2.16. The number of carbonyl (C=O) groups excluding carboxylic acids is 2. The van der Waals surface area contributed by atoms with Crippen LogP contribution in [0, 0.1) is 6.92 Å². The van der Waals surface area contributed by atoms with Crippen molar-refractivity contribution in [2.45, 2.75) is 13.5 Å². The Kier molecular flexibility index (Phi) is 5.05. The summed E-state index contributed by atoms with van der Waals surface area (Å²) in [7, 11) is 0. The Bertz CT molecular complexity index is 898. The van der Waals surface area contributed by atoms with Crippen molar-refractivity contribution in [3.63, 3.8) is 0 Å². The van der Waals surface area contributed by atoms with Gasteiger partial charge in [0.1, 0.15) is 6.61 Å². The molecule has 0 radical (unpaired) electrons. The van der Waals surface area contributed by atoms with Gasteiger partial charge in [0.25, 0.3) is 0 Å². The van der Waals surface area contributed by atoms with Crippen molar-refractivity contribution in [3.8, 4) is 11.1 Å². The highest BCUT2D eigenvalue weighted by atomic mass is 16.5. The van der Waals surface area contributed by atoms with Crippen LogP contribution in [0.3, 0.4) is 0 Å². The van der Waals surface area contributed by atoms with Crippen LogP contribution in [0.5, 0.6) is 0 Å². The number of aryl methyl sites for hydroxylation is 1. The summed E-state index contributed by atoms with van der Waals surface area (Å²) in [5.74, 6) is -0.403. The highest BCUT2D eigenvalue weighted by molar-refractivity contribution is 6.00. The van der Waals surface area contributed by atoms with E-state index in [9.17, 15) is 9.59 Å². The van der Waals surface area contributed by atoms with E-state index >= 15 is 0 Å². The molecule has 0 saturated heterocycles. The second-order valence-corrected chi connectivity index (χ2v) is 5.82. The van der Waals surface area contributed by atoms with E-state index in [0.29, 0.717) is 16.7 Å². The molecule has 0 aliphatic carbocycles. The molecule has 124 valence electrons. The summed E-state index contributed by atoms with van der Waals surface area (Å²) in [6, 6.07) is 22.3. The van der Waals surface area contributed by atoms with Crippen LogP contribution in [-0.4, -0.2) is 12.3 Å². The smallest absolute Gasteiger partial charge is 0.339 e. The number of aldehydes is 1. The summed E-state index contributed by atoms with van der Waals surface area (Å²) >= 11 is 0. The van der Waals surface area contributed by atoms with Gasteiger partial charge in [0, 0.05) is 5.56 Å². The first-order valence-corrected chi connectivity index (χ1v) is 8.05. The molecule has 0 aliphatic heterocycles. The van der Waals surface area contributed by atoms with E-state index in [0.717, 1.165) is 23.0 Å². The molecule has 0 fully saturated rings. The van der Waals surface area contributed by atoms with E-state index in [2.05, 4.69) is 0 Å². The van der Waals surface area contributed by atoms with E-state index in [1.807, 2.05) is 61.5 Å². The SMILES string of the molecule is Cc1ccc(C(=O)OCc2ccccc2)c(-c2ccccc2C=O)c1. The van der Waals surface area contributed by atoms with Crippen LogP contribution < -0.4 is 0 Å². The largest absolute Gasteiger partial charge is 0.457 e. The maximum absolute atomic E-state index is 12.6. The summed E-state index contributed by atoms with van der Waals surface area (Å²) in [4.78, 5) is 24.0. The van der Waals surface area contributed by atoms with Crippen molar-refractivity contribution in [1.29, 1.82) is 0 Å². The zero-order valence-electron chi connectivity index (χ0n) is 13.9. The van der Waals surface area contributed by atoms with E-state index in [-0.39, 0.29) is 6.61 Å². The van der Waals surface area contributed by atoms with Crippen molar-refractivity contribution in [1.82, 2.24) is 0 Å². The Morgan fingerprint density at radius 1 is 0.920 bits per heavy atom. The first kappa shape index (κ1) is 16.7. The molecule has 3 aromatic carbocycles. The Morgan fingerprint density at radius 3 is 2.40 bits per heavy atom. The molecule has 3 rings (SSSR count). The molecule has 0 N–H and O–H groups in total. The molecular formula is C22H18O3. The predicted molar refractivity (Wildman–Crippen MR) is 97.6 cm³/mol. The normalized spacial score (nSPS) is 10.3. The number of hydrogen-bond donors (Lipinski definition) is 0. The summed E-state index contributed by atoms with van der Waals surface area (Å²) in [6.07, 6.45) is 0.802. The lowest BCUT2D eigenvalue weighted by molar-refractivity contribution is 0.0473. The Morgan fingerprint density at radius 2 is 1.64 bits per heavy atom. The predicted octanol–water partition coefficient (Wildman–Crippen LogP) is 4.83.